The fourth-order valence-corrected chi connectivity index (χ4v) is 3.63. The first kappa shape index (κ1) is 17.6. The zero-order chi connectivity index (χ0) is 18.0. The summed E-state index contributed by atoms with van der Waals surface area (Å²) < 4.78 is 5.17. The first-order chi connectivity index (χ1) is 12.0. The molecule has 2 heterocycles. The Morgan fingerprint density at radius 2 is 2.08 bits per heavy atom. The van der Waals surface area contributed by atoms with Crippen LogP contribution in [0.25, 0.3) is 0 Å². The Morgan fingerprint density at radius 1 is 1.28 bits per heavy atom. The second-order valence-electron chi connectivity index (χ2n) is 5.72. The number of amides is 1. The number of esters is 1. The molecule has 1 amide bonds. The van der Waals surface area contributed by atoms with Crippen LogP contribution in [0.5, 0.6) is 0 Å². The molecule has 0 aliphatic carbocycles. The van der Waals surface area contributed by atoms with Gasteiger partial charge in [-0.3, -0.25) is 9.59 Å². The molecule has 0 atom stereocenters. The molecular formula is C18H16ClNO4S. The summed E-state index contributed by atoms with van der Waals surface area (Å²) in [5.41, 5.74) is 0.661. The summed E-state index contributed by atoms with van der Waals surface area (Å²) in [5.74, 6) is -0.950. The molecule has 1 fully saturated rings. The molecule has 5 nitrogen and oxygen atoms in total. The zero-order valence-corrected chi connectivity index (χ0v) is 15.2. The van der Waals surface area contributed by atoms with Crippen LogP contribution in [0.2, 0.25) is 5.02 Å². The topological polar surface area (TPSA) is 63.7 Å². The predicted octanol–water partition coefficient (Wildman–Crippen LogP) is 3.88. The largest absolute Gasteiger partial charge is 0.454 e. The third-order valence-electron chi connectivity index (χ3n) is 3.89. The molecule has 3 rings (SSSR count). The normalized spacial score (nSPS) is 14.0. The maximum Gasteiger partial charge on any atom is 0.340 e. The van der Waals surface area contributed by atoms with Crippen LogP contribution < -0.4 is 4.90 Å². The molecule has 7 heteroatoms. The van der Waals surface area contributed by atoms with E-state index in [-0.39, 0.29) is 23.9 Å². The SMILES string of the molecule is Cc1ccc(C(=O)COC(=O)c2ccc(Cl)cc2N2CCCC2=O)s1. The van der Waals surface area contributed by atoms with Crippen molar-refractivity contribution in [1.29, 1.82) is 0 Å². The van der Waals surface area contributed by atoms with Gasteiger partial charge < -0.3 is 9.64 Å². The van der Waals surface area contributed by atoms with E-state index in [1.54, 1.807) is 18.2 Å². The van der Waals surface area contributed by atoms with E-state index >= 15 is 0 Å². The average molecular weight is 378 g/mol. The van der Waals surface area contributed by atoms with Crippen LogP contribution in [-0.2, 0) is 9.53 Å². The molecule has 25 heavy (non-hydrogen) atoms. The Morgan fingerprint density at radius 3 is 2.72 bits per heavy atom. The number of anilines is 1. The summed E-state index contributed by atoms with van der Waals surface area (Å²) >= 11 is 7.37. The molecule has 0 bridgehead atoms. The number of carbonyl (C=O) groups is 3. The second-order valence-corrected chi connectivity index (χ2v) is 7.44. The van der Waals surface area contributed by atoms with Crippen LogP contribution in [0.15, 0.2) is 30.3 Å². The van der Waals surface area contributed by atoms with Gasteiger partial charge in [0.25, 0.3) is 0 Å². The van der Waals surface area contributed by atoms with Gasteiger partial charge in [-0.25, -0.2) is 4.79 Å². The van der Waals surface area contributed by atoms with E-state index in [0.717, 1.165) is 11.3 Å². The molecule has 0 saturated carbocycles. The standard InChI is InChI=1S/C18H16ClNO4S/c1-11-4-7-16(25-11)15(21)10-24-18(23)13-6-5-12(19)9-14(13)20-8-2-3-17(20)22/h4-7,9H,2-3,8,10H2,1H3. The Hall–Kier alpha value is -2.18. The lowest BCUT2D eigenvalue weighted by Crippen LogP contribution is -2.26. The highest BCUT2D eigenvalue weighted by Crippen LogP contribution is 2.29. The zero-order valence-electron chi connectivity index (χ0n) is 13.6. The lowest BCUT2D eigenvalue weighted by atomic mass is 10.1. The highest BCUT2D eigenvalue weighted by atomic mass is 35.5. The molecule has 130 valence electrons. The van der Waals surface area contributed by atoms with Gasteiger partial charge in [-0.15, -0.1) is 11.3 Å². The number of hydrogen-bond acceptors (Lipinski definition) is 5. The molecule has 1 aliphatic heterocycles. The average Bonchev–Trinajstić information content (AvgIpc) is 3.20. The van der Waals surface area contributed by atoms with E-state index in [4.69, 9.17) is 16.3 Å². The summed E-state index contributed by atoms with van der Waals surface area (Å²) in [5, 5.41) is 0.427. The minimum absolute atomic E-state index is 0.0542. The maximum absolute atomic E-state index is 12.4. The quantitative estimate of drug-likeness (QED) is 0.586. The minimum Gasteiger partial charge on any atom is -0.454 e. The molecular weight excluding hydrogens is 362 g/mol. The first-order valence-electron chi connectivity index (χ1n) is 7.82. The van der Waals surface area contributed by atoms with Crippen molar-refractivity contribution >= 4 is 46.3 Å². The minimum atomic E-state index is -0.645. The molecule has 1 saturated heterocycles. The van der Waals surface area contributed by atoms with E-state index in [2.05, 4.69) is 0 Å². The van der Waals surface area contributed by atoms with E-state index in [9.17, 15) is 14.4 Å². The molecule has 1 aromatic carbocycles. The van der Waals surface area contributed by atoms with Crippen LogP contribution in [0.4, 0.5) is 5.69 Å². The van der Waals surface area contributed by atoms with Gasteiger partial charge >= 0.3 is 5.97 Å². The maximum atomic E-state index is 12.4. The van der Waals surface area contributed by atoms with Gasteiger partial charge in [0.1, 0.15) is 0 Å². The lowest BCUT2D eigenvalue weighted by molar-refractivity contribution is -0.117. The van der Waals surface area contributed by atoms with Gasteiger partial charge in [0, 0.05) is 22.9 Å². The van der Waals surface area contributed by atoms with Gasteiger partial charge in [-0.1, -0.05) is 11.6 Å². The number of ketones is 1. The van der Waals surface area contributed by atoms with Gasteiger partial charge in [0.15, 0.2) is 6.61 Å². The summed E-state index contributed by atoms with van der Waals surface area (Å²) in [4.78, 5) is 39.6. The van der Waals surface area contributed by atoms with E-state index in [0.29, 0.717) is 28.6 Å². The molecule has 1 aromatic heterocycles. The molecule has 0 radical (unpaired) electrons. The fraction of sp³-hybridized carbons (Fsp3) is 0.278. The van der Waals surface area contributed by atoms with Crippen molar-refractivity contribution in [1.82, 2.24) is 0 Å². The van der Waals surface area contributed by atoms with E-state index in [1.165, 1.54) is 22.3 Å². The smallest absolute Gasteiger partial charge is 0.340 e. The van der Waals surface area contributed by atoms with Gasteiger partial charge in [0.2, 0.25) is 11.7 Å². The molecule has 0 N–H and O–H groups in total. The summed E-state index contributed by atoms with van der Waals surface area (Å²) in [6.45, 7) is 2.10. The van der Waals surface area contributed by atoms with Crippen molar-refractivity contribution in [2.24, 2.45) is 0 Å². The van der Waals surface area contributed by atoms with Crippen LogP contribution in [0.3, 0.4) is 0 Å². The molecule has 0 unspecified atom stereocenters. The van der Waals surface area contributed by atoms with Crippen molar-refractivity contribution in [3.8, 4) is 0 Å². The molecule has 1 aliphatic rings. The van der Waals surface area contributed by atoms with Gasteiger partial charge in [0.05, 0.1) is 16.1 Å². The summed E-state index contributed by atoms with van der Waals surface area (Å²) in [7, 11) is 0. The number of nitrogens with zero attached hydrogens (tertiary/aromatic N) is 1. The summed E-state index contributed by atoms with van der Waals surface area (Å²) in [6.07, 6.45) is 1.17. The number of carbonyl (C=O) groups excluding carboxylic acids is 3. The second kappa shape index (κ2) is 7.37. The van der Waals surface area contributed by atoms with Crippen molar-refractivity contribution in [2.75, 3.05) is 18.1 Å². The summed E-state index contributed by atoms with van der Waals surface area (Å²) in [6, 6.07) is 8.21. The lowest BCUT2D eigenvalue weighted by Gasteiger charge is -2.19. The van der Waals surface area contributed by atoms with Crippen LogP contribution in [-0.4, -0.2) is 30.8 Å². The number of rotatable bonds is 5. The highest BCUT2D eigenvalue weighted by molar-refractivity contribution is 7.14. The van der Waals surface area contributed by atoms with Crippen LogP contribution in [0.1, 0.15) is 37.7 Å². The number of ether oxygens (including phenoxy) is 1. The number of halogens is 1. The van der Waals surface area contributed by atoms with Gasteiger partial charge in [-0.2, -0.15) is 0 Å². The number of hydrogen-bond donors (Lipinski definition) is 0. The van der Waals surface area contributed by atoms with Gasteiger partial charge in [-0.05, 0) is 43.7 Å². The third-order valence-corrected chi connectivity index (χ3v) is 5.17. The number of Topliss-reactive ketones (excluding diaryl/α,β-unsaturated/α-hetero) is 1. The molecule has 0 spiro atoms. The fourth-order valence-electron chi connectivity index (χ4n) is 2.67. The Labute approximate surface area is 154 Å². The highest BCUT2D eigenvalue weighted by Gasteiger charge is 2.27. The Kier molecular flexibility index (Phi) is 5.20. The number of benzene rings is 1. The van der Waals surface area contributed by atoms with Crippen molar-refractivity contribution in [2.45, 2.75) is 19.8 Å². The first-order valence-corrected chi connectivity index (χ1v) is 9.02. The Bertz CT molecular complexity index is 845. The third kappa shape index (κ3) is 3.91. The van der Waals surface area contributed by atoms with Crippen molar-refractivity contribution in [3.05, 3.63) is 50.7 Å². The number of thiophene rings is 1. The monoisotopic (exact) mass is 377 g/mol. The van der Waals surface area contributed by atoms with Crippen LogP contribution >= 0.6 is 22.9 Å². The number of aryl methyl sites for hydroxylation is 1. The predicted molar refractivity (Wildman–Crippen MR) is 96.7 cm³/mol. The van der Waals surface area contributed by atoms with E-state index < -0.39 is 5.97 Å². The Balaban J connectivity index is 1.75. The van der Waals surface area contributed by atoms with Crippen LogP contribution in [0, 0.1) is 6.92 Å². The van der Waals surface area contributed by atoms with Crippen molar-refractivity contribution in [3.63, 3.8) is 0 Å². The molecule has 2 aromatic rings. The van der Waals surface area contributed by atoms with E-state index in [1.807, 2.05) is 13.0 Å². The van der Waals surface area contributed by atoms with Crippen molar-refractivity contribution < 1.29 is 19.1 Å².